The van der Waals surface area contributed by atoms with Crippen LogP contribution in [0.1, 0.15) is 11.4 Å². The second kappa shape index (κ2) is 7.13. The van der Waals surface area contributed by atoms with Gasteiger partial charge in [0.15, 0.2) is 0 Å². The molecule has 0 fully saturated rings. The molecule has 1 aromatic heterocycles. The Morgan fingerprint density at radius 3 is 2.68 bits per heavy atom. The van der Waals surface area contributed by atoms with E-state index in [1.54, 1.807) is 11.8 Å². The maximum Gasteiger partial charge on any atom is 0.230 e. The second-order valence-electron chi connectivity index (χ2n) is 4.96. The lowest BCUT2D eigenvalue weighted by atomic mass is 10.2. The molecule has 3 rings (SSSR count). The van der Waals surface area contributed by atoms with Crippen molar-refractivity contribution in [1.29, 1.82) is 0 Å². The first-order chi connectivity index (χ1) is 10.8. The number of thioether (sulfide) groups is 1. The van der Waals surface area contributed by atoms with E-state index in [1.165, 1.54) is 5.56 Å². The molecule has 4 nitrogen and oxygen atoms in total. The van der Waals surface area contributed by atoms with Gasteiger partial charge in [-0.05, 0) is 17.7 Å². The molecule has 0 saturated carbocycles. The molecule has 0 aliphatic heterocycles. The summed E-state index contributed by atoms with van der Waals surface area (Å²) in [7, 11) is 0. The number of para-hydroxylation sites is 2. The first-order valence-corrected chi connectivity index (χ1v) is 8.29. The van der Waals surface area contributed by atoms with Crippen LogP contribution < -0.4 is 5.32 Å². The van der Waals surface area contributed by atoms with Crippen LogP contribution in [0.2, 0.25) is 0 Å². The number of nitrogens with one attached hydrogen (secondary N) is 2. The Labute approximate surface area is 133 Å². The summed E-state index contributed by atoms with van der Waals surface area (Å²) in [6.45, 7) is 0.430. The van der Waals surface area contributed by atoms with Crippen molar-refractivity contribution in [3.63, 3.8) is 0 Å². The van der Waals surface area contributed by atoms with Crippen LogP contribution in [0.4, 0.5) is 0 Å². The zero-order chi connectivity index (χ0) is 15.2. The SMILES string of the molecule is O=C(CSCc1ccccc1)NCc1nc2ccccc2[nH]1. The normalized spacial score (nSPS) is 10.7. The molecule has 1 amide bonds. The number of H-pyrrole nitrogens is 1. The lowest BCUT2D eigenvalue weighted by Crippen LogP contribution is -2.25. The van der Waals surface area contributed by atoms with Gasteiger partial charge in [0.2, 0.25) is 5.91 Å². The Balaban J connectivity index is 1.44. The summed E-state index contributed by atoms with van der Waals surface area (Å²) in [4.78, 5) is 19.5. The summed E-state index contributed by atoms with van der Waals surface area (Å²) in [5.74, 6) is 2.11. The molecule has 1 heterocycles. The Morgan fingerprint density at radius 1 is 1.09 bits per heavy atom. The maximum absolute atomic E-state index is 11.8. The molecule has 112 valence electrons. The van der Waals surface area contributed by atoms with Crippen molar-refractivity contribution in [2.75, 3.05) is 5.75 Å². The van der Waals surface area contributed by atoms with Crippen molar-refractivity contribution in [3.8, 4) is 0 Å². The van der Waals surface area contributed by atoms with Crippen LogP contribution in [0.5, 0.6) is 0 Å². The Kier molecular flexibility index (Phi) is 4.75. The zero-order valence-corrected chi connectivity index (χ0v) is 12.9. The van der Waals surface area contributed by atoms with Gasteiger partial charge in [-0.15, -0.1) is 11.8 Å². The van der Waals surface area contributed by atoms with Crippen LogP contribution in [-0.4, -0.2) is 21.6 Å². The minimum absolute atomic E-state index is 0.0291. The number of benzene rings is 2. The predicted octanol–water partition coefficient (Wildman–Crippen LogP) is 3.11. The zero-order valence-electron chi connectivity index (χ0n) is 12.1. The first-order valence-electron chi connectivity index (χ1n) is 7.13. The molecule has 0 atom stereocenters. The van der Waals surface area contributed by atoms with E-state index in [2.05, 4.69) is 27.4 Å². The standard InChI is InChI=1S/C17H17N3OS/c21-17(12-22-11-13-6-2-1-3-7-13)18-10-16-19-14-8-4-5-9-15(14)20-16/h1-9H,10-12H2,(H,18,21)(H,19,20). The van der Waals surface area contributed by atoms with Crippen LogP contribution in [0.3, 0.4) is 0 Å². The van der Waals surface area contributed by atoms with E-state index in [9.17, 15) is 4.79 Å². The van der Waals surface area contributed by atoms with Crippen molar-refractivity contribution in [2.24, 2.45) is 0 Å². The second-order valence-corrected chi connectivity index (χ2v) is 5.94. The molecule has 0 unspecified atom stereocenters. The molecule has 2 N–H and O–H groups in total. The van der Waals surface area contributed by atoms with E-state index in [4.69, 9.17) is 0 Å². The molecule has 0 saturated heterocycles. The van der Waals surface area contributed by atoms with Gasteiger partial charge in [-0.2, -0.15) is 0 Å². The molecule has 2 aromatic carbocycles. The van der Waals surface area contributed by atoms with E-state index >= 15 is 0 Å². The van der Waals surface area contributed by atoms with Gasteiger partial charge in [-0.1, -0.05) is 42.5 Å². The third-order valence-corrected chi connectivity index (χ3v) is 4.24. The molecule has 0 spiro atoms. The highest BCUT2D eigenvalue weighted by atomic mass is 32.2. The van der Waals surface area contributed by atoms with Gasteiger partial charge in [0.25, 0.3) is 0 Å². The molecule has 3 aromatic rings. The number of nitrogens with zero attached hydrogens (tertiary/aromatic N) is 1. The van der Waals surface area contributed by atoms with E-state index in [0.29, 0.717) is 12.3 Å². The number of carbonyl (C=O) groups is 1. The highest BCUT2D eigenvalue weighted by molar-refractivity contribution is 7.99. The number of aromatic nitrogens is 2. The fraction of sp³-hybridized carbons (Fsp3) is 0.176. The van der Waals surface area contributed by atoms with Gasteiger partial charge in [0.05, 0.1) is 23.3 Å². The molecule has 5 heteroatoms. The monoisotopic (exact) mass is 311 g/mol. The summed E-state index contributed by atoms with van der Waals surface area (Å²) >= 11 is 1.61. The lowest BCUT2D eigenvalue weighted by Gasteiger charge is -2.03. The van der Waals surface area contributed by atoms with Crippen LogP contribution >= 0.6 is 11.8 Å². The van der Waals surface area contributed by atoms with Crippen LogP contribution in [-0.2, 0) is 17.1 Å². The van der Waals surface area contributed by atoms with Gasteiger partial charge in [0, 0.05) is 5.75 Å². The number of aromatic amines is 1. The number of hydrogen-bond donors (Lipinski definition) is 2. The topological polar surface area (TPSA) is 57.8 Å². The van der Waals surface area contributed by atoms with Crippen LogP contribution in [0.25, 0.3) is 11.0 Å². The lowest BCUT2D eigenvalue weighted by molar-refractivity contribution is -0.118. The quantitative estimate of drug-likeness (QED) is 0.735. The minimum Gasteiger partial charge on any atom is -0.348 e. The van der Waals surface area contributed by atoms with E-state index in [1.807, 2.05) is 42.5 Å². The fourth-order valence-electron chi connectivity index (χ4n) is 2.16. The minimum atomic E-state index is 0.0291. The molecular weight excluding hydrogens is 294 g/mol. The number of imidazole rings is 1. The highest BCUT2D eigenvalue weighted by Crippen LogP contribution is 2.12. The summed E-state index contributed by atoms with van der Waals surface area (Å²) in [5.41, 5.74) is 3.15. The first kappa shape index (κ1) is 14.7. The maximum atomic E-state index is 11.8. The third kappa shape index (κ3) is 3.89. The Hall–Kier alpha value is -2.27. The van der Waals surface area contributed by atoms with Crippen molar-refractivity contribution < 1.29 is 4.79 Å². The number of amides is 1. The van der Waals surface area contributed by atoms with Gasteiger partial charge in [-0.3, -0.25) is 4.79 Å². The van der Waals surface area contributed by atoms with E-state index in [-0.39, 0.29) is 5.91 Å². The van der Waals surface area contributed by atoms with Crippen LogP contribution in [0.15, 0.2) is 54.6 Å². The van der Waals surface area contributed by atoms with Crippen LogP contribution in [0, 0.1) is 0 Å². The number of carbonyl (C=O) groups excluding carboxylic acids is 1. The summed E-state index contributed by atoms with van der Waals surface area (Å²) in [6.07, 6.45) is 0. The highest BCUT2D eigenvalue weighted by Gasteiger charge is 2.05. The number of rotatable bonds is 6. The van der Waals surface area contributed by atoms with E-state index < -0.39 is 0 Å². The molecule has 0 bridgehead atoms. The van der Waals surface area contributed by atoms with Crippen molar-refractivity contribution in [3.05, 3.63) is 66.0 Å². The van der Waals surface area contributed by atoms with Crippen molar-refractivity contribution in [2.45, 2.75) is 12.3 Å². The van der Waals surface area contributed by atoms with E-state index in [0.717, 1.165) is 22.6 Å². The Morgan fingerprint density at radius 2 is 1.86 bits per heavy atom. The molecular formula is C17H17N3OS. The largest absolute Gasteiger partial charge is 0.348 e. The average molecular weight is 311 g/mol. The average Bonchev–Trinajstić information content (AvgIpc) is 2.97. The summed E-state index contributed by atoms with van der Waals surface area (Å²) in [6, 6.07) is 18.0. The summed E-state index contributed by atoms with van der Waals surface area (Å²) in [5, 5.41) is 2.89. The summed E-state index contributed by atoms with van der Waals surface area (Å²) < 4.78 is 0. The van der Waals surface area contributed by atoms with Crippen molar-refractivity contribution in [1.82, 2.24) is 15.3 Å². The van der Waals surface area contributed by atoms with Gasteiger partial charge in [-0.25, -0.2) is 4.98 Å². The van der Waals surface area contributed by atoms with Gasteiger partial charge >= 0.3 is 0 Å². The van der Waals surface area contributed by atoms with Gasteiger partial charge < -0.3 is 10.3 Å². The number of fused-ring (bicyclic) bond motifs is 1. The molecule has 0 aliphatic carbocycles. The number of hydrogen-bond acceptors (Lipinski definition) is 3. The third-order valence-electron chi connectivity index (χ3n) is 3.24. The predicted molar refractivity (Wildman–Crippen MR) is 90.5 cm³/mol. The molecule has 22 heavy (non-hydrogen) atoms. The fourth-order valence-corrected chi connectivity index (χ4v) is 2.98. The van der Waals surface area contributed by atoms with Crippen molar-refractivity contribution >= 4 is 28.7 Å². The molecule has 0 aliphatic rings. The van der Waals surface area contributed by atoms with Gasteiger partial charge in [0.1, 0.15) is 5.82 Å². The molecule has 0 radical (unpaired) electrons. The Bertz CT molecular complexity index is 722. The smallest absolute Gasteiger partial charge is 0.230 e.